The molecule has 0 amide bonds. The van der Waals surface area contributed by atoms with Crippen LogP contribution < -0.4 is 0 Å². The fraction of sp³-hybridized carbons (Fsp3) is 1.00. The van der Waals surface area contributed by atoms with Crippen LogP contribution in [0.3, 0.4) is 0 Å². The van der Waals surface area contributed by atoms with Crippen molar-refractivity contribution in [2.24, 2.45) is 0 Å². The summed E-state index contributed by atoms with van der Waals surface area (Å²) in [5.74, 6) is 0. The molecule has 0 aliphatic carbocycles. The van der Waals surface area contributed by atoms with Crippen LogP contribution in [0.2, 0.25) is 0 Å². The Labute approximate surface area is 108 Å². The lowest BCUT2D eigenvalue weighted by Crippen LogP contribution is -2.11. The van der Waals surface area contributed by atoms with Crippen LogP contribution >= 0.6 is 22.6 Å². The lowest BCUT2D eigenvalue weighted by atomic mass is 10.1. The Morgan fingerprint density at radius 2 is 1.67 bits per heavy atom. The summed E-state index contributed by atoms with van der Waals surface area (Å²) in [4.78, 5) is 0. The zero-order valence-corrected chi connectivity index (χ0v) is 12.2. The summed E-state index contributed by atoms with van der Waals surface area (Å²) >= 11 is 2.43. The number of rotatable bonds is 8. The van der Waals surface area contributed by atoms with E-state index in [0.717, 1.165) is 0 Å². The van der Waals surface area contributed by atoms with Gasteiger partial charge in [0, 0.05) is 4.43 Å². The normalized spacial score (nSPS) is 26.0. The second kappa shape index (κ2) is 8.80. The predicted molar refractivity (Wildman–Crippen MR) is 74.8 cm³/mol. The highest BCUT2D eigenvalue weighted by Crippen LogP contribution is 2.25. The number of unbranched alkanes of at least 4 members (excludes halogenated alkanes) is 5. The maximum Gasteiger partial charge on any atom is 0.0669 e. The van der Waals surface area contributed by atoms with Crippen LogP contribution in [0.5, 0.6) is 0 Å². The summed E-state index contributed by atoms with van der Waals surface area (Å²) < 4.78 is 7.10. The molecule has 1 aliphatic rings. The second-order valence-electron chi connectivity index (χ2n) is 4.67. The standard InChI is InChI=1S/C13H25IO/c1-2-3-4-5-6-7-8-12-9-10-13(11-14)15-12/h12-13H,2-11H2,1H3/t12-,13-/m0/s1. The van der Waals surface area contributed by atoms with Crippen molar-refractivity contribution in [2.45, 2.75) is 76.9 Å². The van der Waals surface area contributed by atoms with Gasteiger partial charge in [-0.3, -0.25) is 0 Å². The minimum atomic E-state index is 0.565. The molecule has 0 saturated carbocycles. The predicted octanol–water partition coefficient (Wildman–Crippen LogP) is 4.72. The molecule has 1 fully saturated rings. The summed E-state index contributed by atoms with van der Waals surface area (Å²) in [6, 6.07) is 0. The topological polar surface area (TPSA) is 9.23 Å². The van der Waals surface area contributed by atoms with Gasteiger partial charge in [0.05, 0.1) is 12.2 Å². The minimum absolute atomic E-state index is 0.565. The first-order chi connectivity index (χ1) is 7.36. The molecule has 0 aromatic carbocycles. The van der Waals surface area contributed by atoms with Gasteiger partial charge in [-0.1, -0.05) is 68.0 Å². The quantitative estimate of drug-likeness (QED) is 0.357. The molecule has 0 aromatic heterocycles. The summed E-state index contributed by atoms with van der Waals surface area (Å²) in [5.41, 5.74) is 0. The van der Waals surface area contributed by atoms with Crippen LogP contribution in [-0.4, -0.2) is 16.6 Å². The molecule has 90 valence electrons. The molecule has 0 N–H and O–H groups in total. The van der Waals surface area contributed by atoms with E-state index in [1.807, 2.05) is 0 Å². The Kier molecular flexibility index (Phi) is 8.07. The first kappa shape index (κ1) is 13.8. The average Bonchev–Trinajstić information content (AvgIpc) is 2.71. The van der Waals surface area contributed by atoms with Crippen molar-refractivity contribution >= 4 is 22.6 Å². The summed E-state index contributed by atoms with van der Waals surface area (Å²) in [6.07, 6.45) is 13.5. The van der Waals surface area contributed by atoms with E-state index in [2.05, 4.69) is 29.5 Å². The molecule has 0 unspecified atom stereocenters. The van der Waals surface area contributed by atoms with Crippen LogP contribution in [0, 0.1) is 0 Å². The molecule has 0 spiro atoms. The van der Waals surface area contributed by atoms with Gasteiger partial charge in [0.15, 0.2) is 0 Å². The first-order valence-corrected chi connectivity index (χ1v) is 8.10. The van der Waals surface area contributed by atoms with Crippen LogP contribution in [0.1, 0.15) is 64.7 Å². The number of alkyl halides is 1. The van der Waals surface area contributed by atoms with E-state index in [1.165, 1.54) is 62.2 Å². The highest BCUT2D eigenvalue weighted by atomic mass is 127. The monoisotopic (exact) mass is 324 g/mol. The lowest BCUT2D eigenvalue weighted by molar-refractivity contribution is 0.0534. The van der Waals surface area contributed by atoms with Gasteiger partial charge in [-0.15, -0.1) is 0 Å². The molecule has 1 aliphatic heterocycles. The Morgan fingerprint density at radius 1 is 1.00 bits per heavy atom. The van der Waals surface area contributed by atoms with Gasteiger partial charge in [-0.25, -0.2) is 0 Å². The van der Waals surface area contributed by atoms with Crippen molar-refractivity contribution in [2.75, 3.05) is 4.43 Å². The van der Waals surface area contributed by atoms with E-state index in [-0.39, 0.29) is 0 Å². The molecule has 1 saturated heterocycles. The number of hydrogen-bond acceptors (Lipinski definition) is 1. The third-order valence-electron chi connectivity index (χ3n) is 3.25. The van der Waals surface area contributed by atoms with Gasteiger partial charge < -0.3 is 4.74 Å². The van der Waals surface area contributed by atoms with E-state index < -0.39 is 0 Å². The van der Waals surface area contributed by atoms with E-state index in [4.69, 9.17) is 4.74 Å². The zero-order chi connectivity index (χ0) is 10.9. The maximum absolute atomic E-state index is 5.93. The van der Waals surface area contributed by atoms with Crippen molar-refractivity contribution < 1.29 is 4.74 Å². The molecule has 2 atom stereocenters. The molecule has 2 heteroatoms. The maximum atomic E-state index is 5.93. The summed E-state index contributed by atoms with van der Waals surface area (Å²) in [5, 5.41) is 0. The molecule has 0 radical (unpaired) electrons. The number of hydrogen-bond donors (Lipinski definition) is 0. The van der Waals surface area contributed by atoms with Crippen molar-refractivity contribution in [3.8, 4) is 0 Å². The third-order valence-corrected chi connectivity index (χ3v) is 4.23. The van der Waals surface area contributed by atoms with Gasteiger partial charge >= 0.3 is 0 Å². The first-order valence-electron chi connectivity index (χ1n) is 6.58. The van der Waals surface area contributed by atoms with E-state index >= 15 is 0 Å². The highest BCUT2D eigenvalue weighted by molar-refractivity contribution is 14.1. The van der Waals surface area contributed by atoms with Crippen LogP contribution in [-0.2, 0) is 4.74 Å². The SMILES string of the molecule is CCCCCCCC[C@H]1CC[C@@H](CI)O1. The molecule has 1 rings (SSSR count). The number of halogens is 1. The van der Waals surface area contributed by atoms with E-state index in [9.17, 15) is 0 Å². The second-order valence-corrected chi connectivity index (χ2v) is 5.55. The van der Waals surface area contributed by atoms with Gasteiger partial charge in [0.1, 0.15) is 0 Å². The van der Waals surface area contributed by atoms with Crippen molar-refractivity contribution in [3.05, 3.63) is 0 Å². The van der Waals surface area contributed by atoms with Gasteiger partial charge in [0.25, 0.3) is 0 Å². The minimum Gasteiger partial charge on any atom is -0.374 e. The fourth-order valence-electron chi connectivity index (χ4n) is 2.26. The fourth-order valence-corrected chi connectivity index (χ4v) is 2.91. The van der Waals surface area contributed by atoms with Crippen LogP contribution in [0.25, 0.3) is 0 Å². The molecule has 0 bridgehead atoms. The van der Waals surface area contributed by atoms with E-state index in [0.29, 0.717) is 12.2 Å². The zero-order valence-electron chi connectivity index (χ0n) is 10.0. The highest BCUT2D eigenvalue weighted by Gasteiger charge is 2.23. The molecule has 15 heavy (non-hydrogen) atoms. The average molecular weight is 324 g/mol. The number of ether oxygens (including phenoxy) is 1. The van der Waals surface area contributed by atoms with Gasteiger partial charge in [-0.05, 0) is 19.3 Å². The van der Waals surface area contributed by atoms with Gasteiger partial charge in [0.2, 0.25) is 0 Å². The molecule has 0 aromatic rings. The van der Waals surface area contributed by atoms with Crippen LogP contribution in [0.15, 0.2) is 0 Å². The van der Waals surface area contributed by atoms with E-state index in [1.54, 1.807) is 0 Å². The van der Waals surface area contributed by atoms with Crippen molar-refractivity contribution in [3.63, 3.8) is 0 Å². The Hall–Kier alpha value is 0.690. The lowest BCUT2D eigenvalue weighted by Gasteiger charge is -2.11. The van der Waals surface area contributed by atoms with Gasteiger partial charge in [-0.2, -0.15) is 0 Å². The van der Waals surface area contributed by atoms with Crippen LogP contribution in [0.4, 0.5) is 0 Å². The molecule has 1 heterocycles. The summed E-state index contributed by atoms with van der Waals surface area (Å²) in [6.45, 7) is 2.27. The Balaban J connectivity index is 1.88. The summed E-state index contributed by atoms with van der Waals surface area (Å²) in [7, 11) is 0. The molecular formula is C13H25IO. The smallest absolute Gasteiger partial charge is 0.0669 e. The Bertz CT molecular complexity index is 149. The molecular weight excluding hydrogens is 299 g/mol. The van der Waals surface area contributed by atoms with Crippen molar-refractivity contribution in [1.82, 2.24) is 0 Å². The molecule has 1 nitrogen and oxygen atoms in total. The van der Waals surface area contributed by atoms with Crippen molar-refractivity contribution in [1.29, 1.82) is 0 Å². The largest absolute Gasteiger partial charge is 0.374 e. The Morgan fingerprint density at radius 3 is 2.33 bits per heavy atom. The third kappa shape index (κ3) is 6.10.